The highest BCUT2D eigenvalue weighted by Gasteiger charge is 2.36. The number of unbranched alkanes of at least 4 members (excludes halogenated alkanes) is 1. The van der Waals surface area contributed by atoms with Gasteiger partial charge in [-0.1, -0.05) is 60.0 Å². The fraction of sp³-hybridized carbons (Fsp3) is 0.808. The van der Waals surface area contributed by atoms with E-state index in [4.69, 9.17) is 0 Å². The number of likely N-dealkylation sites (tertiary alicyclic amines) is 1. The number of carbonyl (C=O) groups excluding carboxylic acids is 2. The fourth-order valence-electron chi connectivity index (χ4n) is 4.64. The first kappa shape index (κ1) is 29.1. The van der Waals surface area contributed by atoms with Crippen LogP contribution < -0.4 is 5.32 Å². The molecular formula is C26H47N3O4. The molecule has 1 unspecified atom stereocenters. The molecule has 0 bridgehead atoms. The monoisotopic (exact) mass is 465 g/mol. The molecule has 1 saturated heterocycles. The molecule has 4 atom stereocenters. The van der Waals surface area contributed by atoms with Crippen LogP contribution >= 0.6 is 0 Å². The lowest BCUT2D eigenvalue weighted by atomic mass is 9.95. The summed E-state index contributed by atoms with van der Waals surface area (Å²) >= 11 is 0. The largest absolute Gasteiger partial charge is 0.478 e. The molecule has 0 radical (unpaired) electrons. The number of likely N-dealkylation sites (N-methyl/N-ethyl adjacent to an activating group) is 1. The van der Waals surface area contributed by atoms with Crippen molar-refractivity contribution in [2.75, 3.05) is 13.6 Å². The molecule has 0 aromatic carbocycles. The summed E-state index contributed by atoms with van der Waals surface area (Å²) in [6.45, 7) is 14.6. The van der Waals surface area contributed by atoms with Gasteiger partial charge in [0.1, 0.15) is 6.04 Å². The number of aliphatic carboxylic acids is 1. The number of rotatable bonds is 12. The summed E-state index contributed by atoms with van der Waals surface area (Å²) in [5, 5.41) is 12.4. The van der Waals surface area contributed by atoms with E-state index in [2.05, 4.69) is 24.1 Å². The first-order chi connectivity index (χ1) is 15.4. The van der Waals surface area contributed by atoms with Gasteiger partial charge < -0.3 is 15.3 Å². The first-order valence-electron chi connectivity index (χ1n) is 12.7. The Bertz CT molecular complexity index is 689. The highest BCUT2D eigenvalue weighted by molar-refractivity contribution is 5.90. The number of hydrogen-bond acceptors (Lipinski definition) is 4. The Morgan fingerprint density at radius 1 is 1.12 bits per heavy atom. The number of carboxylic acid groups (broad SMARTS) is 1. The van der Waals surface area contributed by atoms with Crippen molar-refractivity contribution in [3.63, 3.8) is 0 Å². The second kappa shape index (κ2) is 13.7. The molecule has 2 amide bonds. The second-order valence-electron chi connectivity index (χ2n) is 10.3. The third-order valence-corrected chi connectivity index (χ3v) is 6.85. The van der Waals surface area contributed by atoms with Gasteiger partial charge in [0.05, 0.1) is 12.1 Å². The van der Waals surface area contributed by atoms with Crippen molar-refractivity contribution in [1.29, 1.82) is 0 Å². The van der Waals surface area contributed by atoms with E-state index < -0.39 is 12.0 Å². The molecular weight excluding hydrogens is 418 g/mol. The molecule has 1 aliphatic rings. The molecule has 2 N–H and O–H groups in total. The summed E-state index contributed by atoms with van der Waals surface area (Å²) in [5.74, 6) is -1.31. The highest BCUT2D eigenvalue weighted by Crippen LogP contribution is 2.23. The van der Waals surface area contributed by atoms with Gasteiger partial charge in [0.2, 0.25) is 11.8 Å². The fourth-order valence-corrected chi connectivity index (χ4v) is 4.64. The topological polar surface area (TPSA) is 90.0 Å². The highest BCUT2D eigenvalue weighted by atomic mass is 16.4. The van der Waals surface area contributed by atoms with E-state index in [0.29, 0.717) is 6.04 Å². The predicted octanol–water partition coefficient (Wildman–Crippen LogP) is 4.07. The van der Waals surface area contributed by atoms with Crippen molar-refractivity contribution in [3.05, 3.63) is 11.6 Å². The molecule has 190 valence electrons. The number of nitrogens with one attached hydrogen (secondary N) is 1. The lowest BCUT2D eigenvalue weighted by Crippen LogP contribution is -2.59. The van der Waals surface area contributed by atoms with Crippen LogP contribution in [0, 0.1) is 11.8 Å². The van der Waals surface area contributed by atoms with Crippen LogP contribution in [0.15, 0.2) is 11.6 Å². The van der Waals surface area contributed by atoms with E-state index >= 15 is 0 Å². The summed E-state index contributed by atoms with van der Waals surface area (Å²) in [5.41, 5.74) is 0.206. The van der Waals surface area contributed by atoms with Gasteiger partial charge in [0.25, 0.3) is 0 Å². The molecule has 1 rings (SSSR count). The summed E-state index contributed by atoms with van der Waals surface area (Å²) < 4.78 is 0. The summed E-state index contributed by atoms with van der Waals surface area (Å²) in [6, 6.07) is -0.893. The van der Waals surface area contributed by atoms with Gasteiger partial charge in [-0.15, -0.1) is 0 Å². The van der Waals surface area contributed by atoms with Crippen molar-refractivity contribution in [2.45, 2.75) is 111 Å². The maximum Gasteiger partial charge on any atom is 0.331 e. The van der Waals surface area contributed by atoms with Crippen molar-refractivity contribution < 1.29 is 19.5 Å². The minimum absolute atomic E-state index is 0.0324. The van der Waals surface area contributed by atoms with E-state index in [0.717, 1.165) is 45.1 Å². The number of hydrogen-bond donors (Lipinski definition) is 2. The average molecular weight is 466 g/mol. The molecule has 7 heteroatoms. The Hall–Kier alpha value is -1.89. The molecule has 1 aliphatic heterocycles. The van der Waals surface area contributed by atoms with Gasteiger partial charge >= 0.3 is 5.97 Å². The maximum atomic E-state index is 13.5. The van der Waals surface area contributed by atoms with Crippen LogP contribution in [0.25, 0.3) is 0 Å². The lowest BCUT2D eigenvalue weighted by molar-refractivity contribution is -0.140. The molecule has 0 aromatic rings. The van der Waals surface area contributed by atoms with E-state index in [1.165, 1.54) is 6.92 Å². The predicted molar refractivity (Wildman–Crippen MR) is 133 cm³/mol. The third kappa shape index (κ3) is 8.43. The zero-order valence-corrected chi connectivity index (χ0v) is 22.1. The van der Waals surface area contributed by atoms with Crippen LogP contribution in [-0.4, -0.2) is 70.4 Å². The molecule has 0 aliphatic carbocycles. The minimum Gasteiger partial charge on any atom is -0.478 e. The lowest BCUT2D eigenvalue weighted by Gasteiger charge is -2.40. The molecule has 0 saturated carbocycles. The Labute approximate surface area is 201 Å². The quantitative estimate of drug-likeness (QED) is 0.424. The zero-order valence-electron chi connectivity index (χ0n) is 22.1. The van der Waals surface area contributed by atoms with Gasteiger partial charge in [-0.25, -0.2) is 4.79 Å². The Morgan fingerprint density at radius 3 is 2.27 bits per heavy atom. The Balaban J connectivity index is 3.04. The number of carboxylic acids is 1. The zero-order chi connectivity index (χ0) is 25.3. The van der Waals surface area contributed by atoms with Gasteiger partial charge in [-0.2, -0.15) is 0 Å². The van der Waals surface area contributed by atoms with Crippen molar-refractivity contribution in [1.82, 2.24) is 15.1 Å². The number of carbonyl (C=O) groups is 3. The second-order valence-corrected chi connectivity index (χ2v) is 10.3. The van der Waals surface area contributed by atoms with E-state index in [1.54, 1.807) is 18.0 Å². The SMILES string of the molecule is CCCCC(C)N1CCCC[C@@H]1C(=O)N[C@H](C(=O)N(C)[C@H](C=C(C)C(=O)O)C(C)C)C(C)C. The van der Waals surface area contributed by atoms with Gasteiger partial charge in [0, 0.05) is 18.7 Å². The molecule has 0 aromatic heterocycles. The average Bonchev–Trinajstić information content (AvgIpc) is 2.77. The van der Waals surface area contributed by atoms with Crippen LogP contribution in [-0.2, 0) is 14.4 Å². The standard InChI is InChI=1S/C26H47N3O4/c1-9-10-13-20(7)29-15-12-11-14-21(29)24(30)27-23(18(4)5)25(31)28(8)22(17(2)3)16-19(6)26(32)33/h16-18,20-23H,9-15H2,1-8H3,(H,27,30)(H,32,33)/t20?,21-,22-,23+/m1/s1. The van der Waals surface area contributed by atoms with E-state index in [-0.39, 0.29) is 41.3 Å². The van der Waals surface area contributed by atoms with Gasteiger partial charge in [0.15, 0.2) is 0 Å². The smallest absolute Gasteiger partial charge is 0.331 e. The third-order valence-electron chi connectivity index (χ3n) is 6.85. The van der Waals surface area contributed by atoms with E-state index in [1.807, 2.05) is 27.7 Å². The molecule has 1 heterocycles. The van der Waals surface area contributed by atoms with Crippen LogP contribution in [0.2, 0.25) is 0 Å². The van der Waals surface area contributed by atoms with Crippen molar-refractivity contribution in [2.24, 2.45) is 11.8 Å². The van der Waals surface area contributed by atoms with Crippen molar-refractivity contribution in [3.8, 4) is 0 Å². The summed E-state index contributed by atoms with van der Waals surface area (Å²) in [6.07, 6.45) is 7.91. The molecule has 0 spiro atoms. The molecule has 1 fully saturated rings. The maximum absolute atomic E-state index is 13.5. The first-order valence-corrected chi connectivity index (χ1v) is 12.7. The van der Waals surface area contributed by atoms with Crippen LogP contribution in [0.5, 0.6) is 0 Å². The summed E-state index contributed by atoms with van der Waals surface area (Å²) in [7, 11) is 1.69. The van der Waals surface area contributed by atoms with Crippen molar-refractivity contribution >= 4 is 17.8 Å². The van der Waals surface area contributed by atoms with Crippen LogP contribution in [0.4, 0.5) is 0 Å². The number of nitrogens with zero attached hydrogens (tertiary/aromatic N) is 2. The normalized spacial score (nSPS) is 20.4. The van der Waals surface area contributed by atoms with Crippen LogP contribution in [0.3, 0.4) is 0 Å². The van der Waals surface area contributed by atoms with E-state index in [9.17, 15) is 19.5 Å². The minimum atomic E-state index is -0.996. The molecule has 7 nitrogen and oxygen atoms in total. The Kier molecular flexibility index (Phi) is 12.1. The number of piperidine rings is 1. The number of amides is 2. The molecule has 33 heavy (non-hydrogen) atoms. The van der Waals surface area contributed by atoms with Gasteiger partial charge in [-0.05, 0) is 51.5 Å². The Morgan fingerprint density at radius 2 is 1.76 bits per heavy atom. The van der Waals surface area contributed by atoms with Crippen LogP contribution in [0.1, 0.15) is 87.0 Å². The van der Waals surface area contributed by atoms with Gasteiger partial charge in [-0.3, -0.25) is 14.5 Å². The summed E-state index contributed by atoms with van der Waals surface area (Å²) in [4.78, 5) is 42.1.